The summed E-state index contributed by atoms with van der Waals surface area (Å²) in [5.41, 5.74) is 1.47. The topological polar surface area (TPSA) is 58.8 Å². The number of ether oxygens (including phenoxy) is 1. The molecule has 0 aliphatic heterocycles. The molecule has 1 heterocycles. The Morgan fingerprint density at radius 1 is 1.07 bits per heavy atom. The van der Waals surface area contributed by atoms with Crippen molar-refractivity contribution in [1.29, 1.82) is 0 Å². The Labute approximate surface area is 178 Å². The second kappa shape index (κ2) is 10.1. The fourth-order valence-corrected chi connectivity index (χ4v) is 2.98. The highest BCUT2D eigenvalue weighted by Gasteiger charge is 2.19. The molecule has 158 valence electrons. The van der Waals surface area contributed by atoms with Gasteiger partial charge in [-0.1, -0.05) is 30.3 Å². The summed E-state index contributed by atoms with van der Waals surface area (Å²) in [5.74, 6) is 2.01. The molecule has 0 aliphatic rings. The van der Waals surface area contributed by atoms with Crippen LogP contribution in [0, 0.1) is 0 Å². The second-order valence-electron chi connectivity index (χ2n) is 7.51. The molecule has 1 amide bonds. The smallest absolute Gasteiger partial charge is 0.275 e. The molecular weight excluding hydrogens is 378 g/mol. The Morgan fingerprint density at radius 2 is 1.80 bits per heavy atom. The summed E-state index contributed by atoms with van der Waals surface area (Å²) in [6.45, 7) is 8.04. The van der Waals surface area contributed by atoms with Gasteiger partial charge < -0.3 is 14.1 Å². The van der Waals surface area contributed by atoms with Crippen LogP contribution in [-0.4, -0.2) is 40.3 Å². The van der Waals surface area contributed by atoms with Gasteiger partial charge in [0.25, 0.3) is 5.91 Å². The predicted octanol–water partition coefficient (Wildman–Crippen LogP) is 4.97. The Balaban J connectivity index is 1.68. The van der Waals surface area contributed by atoms with Gasteiger partial charge in [0, 0.05) is 26.2 Å². The first kappa shape index (κ1) is 21.6. The van der Waals surface area contributed by atoms with Crippen molar-refractivity contribution in [3.05, 3.63) is 78.0 Å². The summed E-state index contributed by atoms with van der Waals surface area (Å²) in [6, 6.07) is 18.1. The van der Waals surface area contributed by atoms with E-state index in [1.807, 2.05) is 55.5 Å². The SMILES string of the molecule is CCN(C)C(=O)c1coc(CN(Cc2cccc(Oc3ccccc3)c2)C(C)C)n1. The van der Waals surface area contributed by atoms with Gasteiger partial charge in [0.05, 0.1) is 6.54 Å². The fourth-order valence-electron chi connectivity index (χ4n) is 2.98. The lowest BCUT2D eigenvalue weighted by Gasteiger charge is -2.25. The molecule has 0 bridgehead atoms. The third kappa shape index (κ3) is 5.70. The van der Waals surface area contributed by atoms with Crippen LogP contribution < -0.4 is 4.74 Å². The minimum absolute atomic E-state index is 0.130. The average molecular weight is 408 g/mol. The summed E-state index contributed by atoms with van der Waals surface area (Å²) in [4.78, 5) is 20.5. The molecule has 30 heavy (non-hydrogen) atoms. The lowest BCUT2D eigenvalue weighted by atomic mass is 10.1. The van der Waals surface area contributed by atoms with Crippen LogP contribution >= 0.6 is 0 Å². The number of aromatic nitrogens is 1. The van der Waals surface area contributed by atoms with Gasteiger partial charge >= 0.3 is 0 Å². The molecule has 0 fully saturated rings. The van der Waals surface area contributed by atoms with E-state index in [1.165, 1.54) is 6.26 Å². The van der Waals surface area contributed by atoms with Crippen LogP contribution in [0.2, 0.25) is 0 Å². The molecule has 0 saturated carbocycles. The van der Waals surface area contributed by atoms with Gasteiger partial charge in [-0.2, -0.15) is 0 Å². The van der Waals surface area contributed by atoms with Gasteiger partial charge in [0.1, 0.15) is 17.8 Å². The first-order valence-corrected chi connectivity index (χ1v) is 10.2. The number of carbonyl (C=O) groups excluding carboxylic acids is 1. The molecule has 1 aromatic heterocycles. The third-order valence-corrected chi connectivity index (χ3v) is 4.92. The molecule has 2 aromatic carbocycles. The monoisotopic (exact) mass is 407 g/mol. The van der Waals surface area contributed by atoms with Gasteiger partial charge in [-0.25, -0.2) is 4.98 Å². The number of oxazole rings is 1. The quantitative estimate of drug-likeness (QED) is 0.501. The largest absolute Gasteiger partial charge is 0.457 e. The van der Waals surface area contributed by atoms with Gasteiger partial charge in [0.2, 0.25) is 5.89 Å². The van der Waals surface area contributed by atoms with Crippen molar-refractivity contribution in [2.75, 3.05) is 13.6 Å². The minimum Gasteiger partial charge on any atom is -0.457 e. The van der Waals surface area contributed by atoms with Crippen LogP contribution in [0.1, 0.15) is 42.7 Å². The maximum absolute atomic E-state index is 12.3. The number of nitrogens with zero attached hydrogens (tertiary/aromatic N) is 3. The highest BCUT2D eigenvalue weighted by molar-refractivity contribution is 5.91. The highest BCUT2D eigenvalue weighted by atomic mass is 16.5. The van der Waals surface area contributed by atoms with Crippen molar-refractivity contribution < 1.29 is 13.9 Å². The Kier molecular flexibility index (Phi) is 7.25. The summed E-state index contributed by atoms with van der Waals surface area (Å²) in [6.07, 6.45) is 1.44. The van der Waals surface area contributed by atoms with Crippen LogP contribution in [0.5, 0.6) is 11.5 Å². The summed E-state index contributed by atoms with van der Waals surface area (Å²) >= 11 is 0. The number of para-hydroxylation sites is 1. The third-order valence-electron chi connectivity index (χ3n) is 4.92. The van der Waals surface area contributed by atoms with E-state index in [0.717, 1.165) is 17.1 Å². The zero-order valence-electron chi connectivity index (χ0n) is 18.0. The van der Waals surface area contributed by atoms with Crippen molar-refractivity contribution in [3.63, 3.8) is 0 Å². The predicted molar refractivity (Wildman–Crippen MR) is 116 cm³/mol. The summed E-state index contributed by atoms with van der Waals surface area (Å²) in [7, 11) is 1.75. The zero-order chi connectivity index (χ0) is 21.5. The van der Waals surface area contributed by atoms with Gasteiger partial charge in [-0.05, 0) is 50.6 Å². The number of hydrogen-bond acceptors (Lipinski definition) is 5. The Bertz CT molecular complexity index is 953. The number of amides is 1. The number of rotatable bonds is 9. The number of hydrogen-bond donors (Lipinski definition) is 0. The van der Waals surface area contributed by atoms with Crippen LogP contribution in [0.25, 0.3) is 0 Å². The van der Waals surface area contributed by atoms with E-state index >= 15 is 0 Å². The highest BCUT2D eigenvalue weighted by Crippen LogP contribution is 2.23. The molecule has 3 aromatic rings. The van der Waals surface area contributed by atoms with Crippen molar-refractivity contribution in [3.8, 4) is 11.5 Å². The Morgan fingerprint density at radius 3 is 2.50 bits per heavy atom. The van der Waals surface area contributed by atoms with E-state index < -0.39 is 0 Å². The molecule has 6 heteroatoms. The minimum atomic E-state index is -0.130. The molecule has 0 atom stereocenters. The normalized spacial score (nSPS) is 11.1. The molecule has 3 rings (SSSR count). The van der Waals surface area contributed by atoms with Crippen LogP contribution in [-0.2, 0) is 13.1 Å². The van der Waals surface area contributed by atoms with E-state index in [0.29, 0.717) is 31.2 Å². The lowest BCUT2D eigenvalue weighted by Crippen LogP contribution is -2.30. The van der Waals surface area contributed by atoms with Crippen LogP contribution in [0.4, 0.5) is 0 Å². The molecule has 0 spiro atoms. The summed E-state index contributed by atoms with van der Waals surface area (Å²) in [5, 5.41) is 0. The van der Waals surface area contributed by atoms with E-state index in [-0.39, 0.29) is 11.9 Å². The van der Waals surface area contributed by atoms with Crippen LogP contribution in [0.3, 0.4) is 0 Å². The molecule has 6 nitrogen and oxygen atoms in total. The Hall–Kier alpha value is -3.12. The second-order valence-corrected chi connectivity index (χ2v) is 7.51. The van der Waals surface area contributed by atoms with E-state index in [9.17, 15) is 4.79 Å². The van der Waals surface area contributed by atoms with Gasteiger partial charge in [-0.3, -0.25) is 9.69 Å². The maximum Gasteiger partial charge on any atom is 0.275 e. The first-order chi connectivity index (χ1) is 14.5. The van der Waals surface area contributed by atoms with Crippen molar-refractivity contribution in [1.82, 2.24) is 14.8 Å². The number of benzene rings is 2. The zero-order valence-corrected chi connectivity index (χ0v) is 18.0. The molecule has 0 unspecified atom stereocenters. The van der Waals surface area contributed by atoms with Crippen LogP contribution in [0.15, 0.2) is 65.3 Å². The van der Waals surface area contributed by atoms with E-state index in [4.69, 9.17) is 9.15 Å². The lowest BCUT2D eigenvalue weighted by molar-refractivity contribution is 0.0796. The van der Waals surface area contributed by atoms with Gasteiger partial charge in [-0.15, -0.1) is 0 Å². The fraction of sp³-hybridized carbons (Fsp3) is 0.333. The molecule has 0 aliphatic carbocycles. The average Bonchev–Trinajstić information content (AvgIpc) is 3.21. The van der Waals surface area contributed by atoms with Crippen molar-refractivity contribution in [2.45, 2.75) is 39.9 Å². The molecule has 0 N–H and O–H groups in total. The standard InChI is InChI=1S/C24H29N3O3/c1-5-26(4)24(28)22-17-29-23(25-22)16-27(18(2)3)15-19-10-9-13-21(14-19)30-20-11-7-6-8-12-20/h6-14,17-18H,5,15-16H2,1-4H3. The van der Waals surface area contributed by atoms with E-state index in [2.05, 4.69) is 29.8 Å². The molecule has 0 saturated heterocycles. The molecular formula is C24H29N3O3. The molecule has 0 radical (unpaired) electrons. The van der Waals surface area contributed by atoms with E-state index in [1.54, 1.807) is 11.9 Å². The maximum atomic E-state index is 12.3. The summed E-state index contributed by atoms with van der Waals surface area (Å²) < 4.78 is 11.5. The first-order valence-electron chi connectivity index (χ1n) is 10.2. The van der Waals surface area contributed by atoms with Crippen molar-refractivity contribution >= 4 is 5.91 Å². The van der Waals surface area contributed by atoms with Gasteiger partial charge in [0.15, 0.2) is 5.69 Å². The van der Waals surface area contributed by atoms with Crippen molar-refractivity contribution in [2.24, 2.45) is 0 Å². The number of carbonyl (C=O) groups is 1.